The molecule has 0 spiro atoms. The zero-order chi connectivity index (χ0) is 15.3. The molecule has 1 aromatic rings. The van der Waals surface area contributed by atoms with Gasteiger partial charge in [-0.25, -0.2) is 4.79 Å². The van der Waals surface area contributed by atoms with Gasteiger partial charge in [-0.1, -0.05) is 19.1 Å². The van der Waals surface area contributed by atoms with Gasteiger partial charge in [-0.3, -0.25) is 10.1 Å². The fraction of sp³-hybridized carbons (Fsp3) is 0.500. The van der Waals surface area contributed by atoms with E-state index in [1.165, 1.54) is 12.1 Å². The number of carbonyl (C=O) groups excluding carboxylic acids is 1. The number of carbonyl (C=O) groups is 1. The summed E-state index contributed by atoms with van der Waals surface area (Å²) >= 11 is 0. The number of non-ortho nitro benzene ring substituents is 1. The molecular weight excluding hydrogens is 260 g/mol. The lowest BCUT2D eigenvalue weighted by Gasteiger charge is -2.20. The van der Waals surface area contributed by atoms with Crippen molar-refractivity contribution >= 4 is 11.8 Å². The Balaban J connectivity index is 2.59. The van der Waals surface area contributed by atoms with Crippen molar-refractivity contribution in [3.8, 4) is 0 Å². The molecule has 1 N–H and O–H groups in total. The van der Waals surface area contributed by atoms with E-state index in [1.54, 1.807) is 32.9 Å². The quantitative estimate of drug-likeness (QED) is 0.678. The number of nitrogens with zero attached hydrogens (tertiary/aromatic N) is 1. The summed E-state index contributed by atoms with van der Waals surface area (Å²) < 4.78 is 5.13. The first-order valence-corrected chi connectivity index (χ1v) is 6.40. The molecule has 0 bridgehead atoms. The van der Waals surface area contributed by atoms with Gasteiger partial charge < -0.3 is 10.1 Å². The summed E-state index contributed by atoms with van der Waals surface area (Å²) in [6.07, 6.45) is -0.491. The van der Waals surface area contributed by atoms with Crippen LogP contribution in [0.3, 0.4) is 0 Å². The summed E-state index contributed by atoms with van der Waals surface area (Å²) in [5.74, 6) is -0.0394. The van der Waals surface area contributed by atoms with Gasteiger partial charge in [-0.15, -0.1) is 0 Å². The van der Waals surface area contributed by atoms with E-state index in [9.17, 15) is 14.9 Å². The molecule has 1 aromatic carbocycles. The molecular formula is C14H20N2O4. The molecule has 1 atom stereocenters. The maximum absolute atomic E-state index is 11.5. The molecule has 0 radical (unpaired) electrons. The van der Waals surface area contributed by atoms with Crippen LogP contribution in [0.25, 0.3) is 0 Å². The highest BCUT2D eigenvalue weighted by Crippen LogP contribution is 2.20. The number of amides is 1. The minimum absolute atomic E-state index is 0.0394. The SMILES string of the molecule is CC(CNC(=O)OC(C)(C)C)c1cccc([N+](=O)[O-])c1. The molecule has 0 fully saturated rings. The molecule has 1 unspecified atom stereocenters. The molecule has 0 saturated carbocycles. The van der Waals surface area contributed by atoms with Gasteiger partial charge in [0.05, 0.1) is 4.92 Å². The van der Waals surface area contributed by atoms with Crippen molar-refractivity contribution < 1.29 is 14.5 Å². The van der Waals surface area contributed by atoms with Crippen LogP contribution < -0.4 is 5.32 Å². The minimum atomic E-state index is -0.543. The second kappa shape index (κ2) is 6.36. The summed E-state index contributed by atoms with van der Waals surface area (Å²) in [6.45, 7) is 7.61. The lowest BCUT2D eigenvalue weighted by Crippen LogP contribution is -2.34. The molecule has 1 amide bonds. The Bertz CT molecular complexity index is 494. The molecule has 0 aliphatic rings. The van der Waals surface area contributed by atoms with Gasteiger partial charge >= 0.3 is 6.09 Å². The van der Waals surface area contributed by atoms with E-state index in [1.807, 2.05) is 6.92 Å². The standard InChI is InChI=1S/C14H20N2O4/c1-10(9-15-13(17)20-14(2,3)4)11-6-5-7-12(8-11)16(18)19/h5-8,10H,9H2,1-4H3,(H,15,17). The Hall–Kier alpha value is -2.11. The molecule has 0 aliphatic heterocycles. The normalized spacial score (nSPS) is 12.6. The second-order valence-corrected chi connectivity index (χ2v) is 5.64. The Labute approximate surface area is 118 Å². The Kier molecular flexibility index (Phi) is 5.07. The van der Waals surface area contributed by atoms with Crippen molar-refractivity contribution in [3.63, 3.8) is 0 Å². The Morgan fingerprint density at radius 3 is 2.65 bits per heavy atom. The largest absolute Gasteiger partial charge is 0.444 e. The van der Waals surface area contributed by atoms with E-state index in [0.717, 1.165) is 5.56 Å². The van der Waals surface area contributed by atoms with Gasteiger partial charge in [0.2, 0.25) is 0 Å². The molecule has 1 rings (SSSR count). The van der Waals surface area contributed by atoms with Crippen molar-refractivity contribution in [2.24, 2.45) is 0 Å². The molecule has 0 heterocycles. The highest BCUT2D eigenvalue weighted by molar-refractivity contribution is 5.67. The smallest absolute Gasteiger partial charge is 0.407 e. The molecule has 0 aliphatic carbocycles. The number of hydrogen-bond donors (Lipinski definition) is 1. The molecule has 110 valence electrons. The number of rotatable bonds is 4. The van der Waals surface area contributed by atoms with Gasteiger partial charge in [-0.05, 0) is 32.3 Å². The van der Waals surface area contributed by atoms with E-state index in [-0.39, 0.29) is 11.6 Å². The van der Waals surface area contributed by atoms with Crippen molar-refractivity contribution in [2.75, 3.05) is 6.54 Å². The van der Waals surface area contributed by atoms with E-state index in [0.29, 0.717) is 6.54 Å². The van der Waals surface area contributed by atoms with Gasteiger partial charge in [0.15, 0.2) is 0 Å². The maximum Gasteiger partial charge on any atom is 0.407 e. The van der Waals surface area contributed by atoms with Crippen molar-refractivity contribution in [1.82, 2.24) is 5.32 Å². The van der Waals surface area contributed by atoms with Crippen LogP contribution in [0.15, 0.2) is 24.3 Å². The molecule has 6 nitrogen and oxygen atoms in total. The van der Waals surface area contributed by atoms with Gasteiger partial charge in [0.25, 0.3) is 5.69 Å². The van der Waals surface area contributed by atoms with Gasteiger partial charge in [0.1, 0.15) is 5.60 Å². The van der Waals surface area contributed by atoms with E-state index in [4.69, 9.17) is 4.74 Å². The summed E-state index contributed by atoms with van der Waals surface area (Å²) in [5.41, 5.74) is 0.306. The molecule has 0 aromatic heterocycles. The Morgan fingerprint density at radius 2 is 2.10 bits per heavy atom. The topological polar surface area (TPSA) is 81.5 Å². The predicted molar refractivity (Wildman–Crippen MR) is 75.7 cm³/mol. The van der Waals surface area contributed by atoms with Gasteiger partial charge in [0, 0.05) is 18.7 Å². The number of alkyl carbamates (subject to hydrolysis) is 1. The lowest BCUT2D eigenvalue weighted by molar-refractivity contribution is -0.384. The number of nitro groups is 1. The third-order valence-electron chi connectivity index (χ3n) is 2.60. The summed E-state index contributed by atoms with van der Waals surface area (Å²) in [5, 5.41) is 13.4. The van der Waals surface area contributed by atoms with Crippen LogP contribution in [-0.2, 0) is 4.74 Å². The lowest BCUT2D eigenvalue weighted by atomic mass is 10.0. The number of ether oxygens (including phenoxy) is 1. The van der Waals surface area contributed by atoms with Crippen molar-refractivity contribution in [1.29, 1.82) is 0 Å². The third-order valence-corrected chi connectivity index (χ3v) is 2.60. The monoisotopic (exact) mass is 280 g/mol. The second-order valence-electron chi connectivity index (χ2n) is 5.64. The van der Waals surface area contributed by atoms with Crippen LogP contribution in [0.4, 0.5) is 10.5 Å². The zero-order valence-corrected chi connectivity index (χ0v) is 12.2. The fourth-order valence-corrected chi connectivity index (χ4v) is 1.61. The van der Waals surface area contributed by atoms with Crippen LogP contribution in [-0.4, -0.2) is 23.2 Å². The zero-order valence-electron chi connectivity index (χ0n) is 12.2. The van der Waals surface area contributed by atoms with Crippen LogP contribution in [0.1, 0.15) is 39.2 Å². The average molecular weight is 280 g/mol. The summed E-state index contributed by atoms with van der Waals surface area (Å²) in [4.78, 5) is 21.8. The highest BCUT2D eigenvalue weighted by atomic mass is 16.6. The van der Waals surface area contributed by atoms with Gasteiger partial charge in [-0.2, -0.15) is 0 Å². The van der Waals surface area contributed by atoms with Crippen LogP contribution in [0.2, 0.25) is 0 Å². The Morgan fingerprint density at radius 1 is 1.45 bits per heavy atom. The number of nitro benzene ring substituents is 1. The van der Waals surface area contributed by atoms with E-state index in [2.05, 4.69) is 5.32 Å². The first-order chi connectivity index (χ1) is 9.19. The molecule has 6 heteroatoms. The van der Waals surface area contributed by atoms with Crippen molar-refractivity contribution in [3.05, 3.63) is 39.9 Å². The number of benzene rings is 1. The maximum atomic E-state index is 11.5. The first kappa shape index (κ1) is 15.9. The minimum Gasteiger partial charge on any atom is -0.444 e. The van der Waals surface area contributed by atoms with Crippen LogP contribution in [0.5, 0.6) is 0 Å². The van der Waals surface area contributed by atoms with Crippen molar-refractivity contribution in [2.45, 2.75) is 39.2 Å². The third kappa shape index (κ3) is 5.26. The first-order valence-electron chi connectivity index (χ1n) is 6.40. The molecule has 0 saturated heterocycles. The van der Waals surface area contributed by atoms with E-state index >= 15 is 0 Å². The predicted octanol–water partition coefficient (Wildman–Crippen LogP) is 3.22. The van der Waals surface area contributed by atoms with Crippen LogP contribution >= 0.6 is 0 Å². The number of nitrogens with one attached hydrogen (secondary N) is 1. The fourth-order valence-electron chi connectivity index (χ4n) is 1.61. The summed E-state index contributed by atoms with van der Waals surface area (Å²) in [7, 11) is 0. The summed E-state index contributed by atoms with van der Waals surface area (Å²) in [6, 6.07) is 6.39. The molecule has 20 heavy (non-hydrogen) atoms. The highest BCUT2D eigenvalue weighted by Gasteiger charge is 2.17. The average Bonchev–Trinajstić information content (AvgIpc) is 2.34. The van der Waals surface area contributed by atoms with E-state index < -0.39 is 16.6 Å². The number of hydrogen-bond acceptors (Lipinski definition) is 4. The van der Waals surface area contributed by atoms with Crippen LogP contribution in [0, 0.1) is 10.1 Å².